The number of hydrogen-bond acceptors (Lipinski definition) is 5. The molecule has 1 atom stereocenters. The smallest absolute Gasteiger partial charge is 0.251 e. The molecule has 1 aliphatic heterocycles. The van der Waals surface area contributed by atoms with Gasteiger partial charge in [0.15, 0.2) is 11.0 Å². The highest BCUT2D eigenvalue weighted by Crippen LogP contribution is 2.23. The lowest BCUT2D eigenvalue weighted by Crippen LogP contribution is -2.58. The third kappa shape index (κ3) is 3.62. The van der Waals surface area contributed by atoms with Gasteiger partial charge < -0.3 is 10.1 Å². The zero-order valence-corrected chi connectivity index (χ0v) is 15.1. The van der Waals surface area contributed by atoms with Gasteiger partial charge in [0.1, 0.15) is 5.75 Å². The second kappa shape index (κ2) is 7.45. The summed E-state index contributed by atoms with van der Waals surface area (Å²) >= 11 is 5.17. The first-order valence-electron chi connectivity index (χ1n) is 7.93. The van der Waals surface area contributed by atoms with Crippen molar-refractivity contribution >= 4 is 46.7 Å². The van der Waals surface area contributed by atoms with Gasteiger partial charge in [-0.05, 0) is 43.4 Å². The van der Waals surface area contributed by atoms with E-state index < -0.39 is 17.7 Å². The summed E-state index contributed by atoms with van der Waals surface area (Å²) in [7, 11) is 1.56. The van der Waals surface area contributed by atoms with E-state index in [4.69, 9.17) is 17.0 Å². The summed E-state index contributed by atoms with van der Waals surface area (Å²) in [6, 6.07) is 14.4. The molecule has 3 rings (SSSR count). The van der Waals surface area contributed by atoms with E-state index in [9.17, 15) is 9.59 Å². The Bertz CT molecular complexity index is 893. The highest BCUT2D eigenvalue weighted by Gasteiger charge is 2.38. The molecular weight excluding hydrogens is 350 g/mol. The van der Waals surface area contributed by atoms with Crippen LogP contribution in [0.25, 0.3) is 0 Å². The van der Waals surface area contributed by atoms with Crippen LogP contribution in [0.4, 0.5) is 11.4 Å². The maximum Gasteiger partial charge on any atom is 0.251 e. The van der Waals surface area contributed by atoms with Crippen molar-refractivity contribution in [3.8, 4) is 5.75 Å². The monoisotopic (exact) mass is 367 g/mol. The number of ether oxygens (including phenoxy) is 1. The number of nitrogens with zero attached hydrogens (tertiary/aromatic N) is 2. The van der Waals surface area contributed by atoms with Gasteiger partial charge in [0.25, 0.3) is 5.91 Å². The molecule has 0 saturated carbocycles. The standard InChI is InChI=1S/C19H17N3O3S/c1-12-6-8-14(9-7-12)22-18(24)16(17(23)21-19(22)26)11-20-13-4-3-5-15(10-13)25-2/h3-11,16H,1-2H3,(H,21,23,26)/t16-/m1/s1. The Hall–Kier alpha value is -3.06. The fraction of sp³-hybridized carbons (Fsp3) is 0.158. The number of benzene rings is 2. The molecule has 132 valence electrons. The number of aryl methyl sites for hydroxylation is 1. The predicted molar refractivity (Wildman–Crippen MR) is 104 cm³/mol. The van der Waals surface area contributed by atoms with Crippen molar-refractivity contribution in [3.63, 3.8) is 0 Å². The predicted octanol–water partition coefficient (Wildman–Crippen LogP) is 2.77. The molecule has 0 radical (unpaired) electrons. The van der Waals surface area contributed by atoms with Crippen LogP contribution in [0.2, 0.25) is 0 Å². The number of rotatable bonds is 4. The van der Waals surface area contributed by atoms with E-state index in [0.29, 0.717) is 17.1 Å². The SMILES string of the molecule is COc1cccc(N=C[C@@H]2C(=O)NC(=S)N(c3ccc(C)cc3)C2=O)c1. The van der Waals surface area contributed by atoms with Gasteiger partial charge in [-0.25, -0.2) is 0 Å². The normalized spacial score (nSPS) is 17.5. The van der Waals surface area contributed by atoms with E-state index in [-0.39, 0.29) is 5.11 Å². The van der Waals surface area contributed by atoms with Crippen molar-refractivity contribution in [2.24, 2.45) is 10.9 Å². The summed E-state index contributed by atoms with van der Waals surface area (Å²) in [5, 5.41) is 2.63. The molecule has 1 fully saturated rings. The molecule has 0 unspecified atom stereocenters. The summed E-state index contributed by atoms with van der Waals surface area (Å²) in [6.07, 6.45) is 1.33. The van der Waals surface area contributed by atoms with Crippen molar-refractivity contribution in [3.05, 3.63) is 54.1 Å². The second-order valence-electron chi connectivity index (χ2n) is 5.76. The maximum atomic E-state index is 12.8. The molecular formula is C19H17N3O3S. The van der Waals surface area contributed by atoms with Crippen LogP contribution < -0.4 is 15.0 Å². The van der Waals surface area contributed by atoms with Crippen LogP contribution in [0.1, 0.15) is 5.56 Å². The molecule has 0 bridgehead atoms. The van der Waals surface area contributed by atoms with E-state index in [1.165, 1.54) is 11.1 Å². The first-order valence-corrected chi connectivity index (χ1v) is 8.34. The van der Waals surface area contributed by atoms with E-state index in [2.05, 4.69) is 10.3 Å². The number of carbonyl (C=O) groups is 2. The molecule has 0 spiro atoms. The number of amides is 2. The van der Waals surface area contributed by atoms with Gasteiger partial charge in [-0.15, -0.1) is 0 Å². The van der Waals surface area contributed by atoms with E-state index >= 15 is 0 Å². The van der Waals surface area contributed by atoms with Crippen LogP contribution in [0.5, 0.6) is 5.75 Å². The number of aliphatic imine (C=N–C) groups is 1. The van der Waals surface area contributed by atoms with Gasteiger partial charge >= 0.3 is 0 Å². The highest BCUT2D eigenvalue weighted by molar-refractivity contribution is 7.80. The average molecular weight is 367 g/mol. The number of anilines is 1. The molecule has 1 N–H and O–H groups in total. The van der Waals surface area contributed by atoms with Crippen LogP contribution in [-0.4, -0.2) is 30.3 Å². The summed E-state index contributed by atoms with van der Waals surface area (Å²) in [5.41, 5.74) is 2.25. The number of thiocarbonyl (C=S) groups is 1. The number of hydrogen-bond donors (Lipinski definition) is 1. The number of nitrogens with one attached hydrogen (secondary N) is 1. The van der Waals surface area contributed by atoms with Crippen LogP contribution in [0, 0.1) is 12.8 Å². The first-order chi connectivity index (χ1) is 12.5. The third-order valence-corrected chi connectivity index (χ3v) is 4.20. The Morgan fingerprint density at radius 1 is 1.19 bits per heavy atom. The molecule has 1 aliphatic rings. The lowest BCUT2D eigenvalue weighted by Gasteiger charge is -2.30. The lowest BCUT2D eigenvalue weighted by atomic mass is 10.1. The minimum Gasteiger partial charge on any atom is -0.497 e. The Balaban J connectivity index is 1.87. The topological polar surface area (TPSA) is 71.0 Å². The van der Waals surface area contributed by atoms with Gasteiger partial charge in [-0.2, -0.15) is 0 Å². The Morgan fingerprint density at radius 3 is 2.62 bits per heavy atom. The molecule has 0 aromatic heterocycles. The van der Waals surface area contributed by atoms with Crippen molar-refractivity contribution < 1.29 is 14.3 Å². The van der Waals surface area contributed by atoms with Crippen LogP contribution in [0.3, 0.4) is 0 Å². The third-order valence-electron chi connectivity index (χ3n) is 3.92. The molecule has 0 aliphatic carbocycles. The van der Waals surface area contributed by atoms with Crippen LogP contribution in [0.15, 0.2) is 53.5 Å². The largest absolute Gasteiger partial charge is 0.497 e. The molecule has 6 nitrogen and oxygen atoms in total. The molecule has 1 heterocycles. The maximum absolute atomic E-state index is 12.8. The highest BCUT2D eigenvalue weighted by atomic mass is 32.1. The van der Waals surface area contributed by atoms with Gasteiger partial charge in [0.2, 0.25) is 5.91 Å². The minimum absolute atomic E-state index is 0.0647. The van der Waals surface area contributed by atoms with Gasteiger partial charge in [0, 0.05) is 12.3 Å². The van der Waals surface area contributed by atoms with Gasteiger partial charge in [-0.3, -0.25) is 19.5 Å². The van der Waals surface area contributed by atoms with Crippen molar-refractivity contribution in [2.75, 3.05) is 12.0 Å². The molecule has 7 heteroatoms. The van der Waals surface area contributed by atoms with E-state index in [1.807, 2.05) is 19.1 Å². The molecule has 2 amide bonds. The van der Waals surface area contributed by atoms with Crippen molar-refractivity contribution in [2.45, 2.75) is 6.92 Å². The van der Waals surface area contributed by atoms with Crippen molar-refractivity contribution in [1.82, 2.24) is 5.32 Å². The first kappa shape index (κ1) is 17.8. The molecule has 1 saturated heterocycles. The Morgan fingerprint density at radius 2 is 1.92 bits per heavy atom. The fourth-order valence-corrected chi connectivity index (χ4v) is 2.81. The quantitative estimate of drug-likeness (QED) is 0.512. The van der Waals surface area contributed by atoms with Crippen LogP contribution in [-0.2, 0) is 9.59 Å². The van der Waals surface area contributed by atoms with Crippen molar-refractivity contribution in [1.29, 1.82) is 0 Å². The zero-order valence-electron chi connectivity index (χ0n) is 14.3. The van der Waals surface area contributed by atoms with E-state index in [0.717, 1.165) is 5.56 Å². The van der Waals surface area contributed by atoms with Crippen LogP contribution >= 0.6 is 12.2 Å². The van der Waals surface area contributed by atoms with E-state index in [1.54, 1.807) is 43.5 Å². The average Bonchev–Trinajstić information content (AvgIpc) is 2.63. The summed E-state index contributed by atoms with van der Waals surface area (Å²) in [5.74, 6) is -1.35. The second-order valence-corrected chi connectivity index (χ2v) is 6.15. The van der Waals surface area contributed by atoms with Gasteiger partial charge in [-0.1, -0.05) is 23.8 Å². The Labute approximate surface area is 156 Å². The summed E-state index contributed by atoms with van der Waals surface area (Å²) < 4.78 is 5.14. The lowest BCUT2D eigenvalue weighted by molar-refractivity contribution is -0.130. The Kier molecular flexibility index (Phi) is 5.09. The summed E-state index contributed by atoms with van der Waals surface area (Å²) in [4.78, 5) is 30.6. The zero-order chi connectivity index (χ0) is 18.7. The number of carbonyl (C=O) groups excluding carboxylic acids is 2. The number of methoxy groups -OCH3 is 1. The molecule has 2 aromatic rings. The van der Waals surface area contributed by atoms with Gasteiger partial charge in [0.05, 0.1) is 18.5 Å². The molecule has 2 aromatic carbocycles. The fourth-order valence-electron chi connectivity index (χ4n) is 2.51. The molecule has 26 heavy (non-hydrogen) atoms. The minimum atomic E-state index is -1.06. The summed E-state index contributed by atoms with van der Waals surface area (Å²) in [6.45, 7) is 1.95.